The number of aromatic carboxylic acids is 1. The molecule has 2 atom stereocenters. The number of hydrogen-bond acceptors (Lipinski definition) is 3. The van der Waals surface area contributed by atoms with Crippen molar-refractivity contribution in [1.29, 1.82) is 0 Å². The molecule has 1 fully saturated rings. The highest BCUT2D eigenvalue weighted by Crippen LogP contribution is 2.38. The smallest absolute Gasteiger partial charge is 0.354 e. The molecule has 2 aliphatic rings. The van der Waals surface area contributed by atoms with Crippen molar-refractivity contribution in [3.63, 3.8) is 0 Å². The number of carboxylic acid groups (broad SMARTS) is 1. The molecule has 2 amide bonds. The van der Waals surface area contributed by atoms with Crippen LogP contribution in [0.5, 0.6) is 0 Å². The minimum atomic E-state index is -1.18. The molecule has 2 unspecified atom stereocenters. The van der Waals surface area contributed by atoms with E-state index in [0.717, 1.165) is 4.90 Å². The predicted molar refractivity (Wildman–Crippen MR) is 70.3 cm³/mol. The molecule has 6 heteroatoms. The Hall–Kier alpha value is -2.37. The van der Waals surface area contributed by atoms with Crippen LogP contribution in [0.2, 0.25) is 0 Å². The number of amides is 2. The van der Waals surface area contributed by atoms with Crippen molar-refractivity contribution in [2.45, 2.75) is 19.8 Å². The van der Waals surface area contributed by atoms with E-state index in [1.807, 2.05) is 12.2 Å². The summed E-state index contributed by atoms with van der Waals surface area (Å²) < 4.78 is 0. The summed E-state index contributed by atoms with van der Waals surface area (Å²) in [7, 11) is 0. The van der Waals surface area contributed by atoms with Crippen LogP contribution in [-0.2, 0) is 9.59 Å². The molecule has 1 aliphatic carbocycles. The SMILES string of the molecule is Cc1cc(N2C(=O)C3CC=CCC3C2=O)c(C(=O)O)[nH]1. The Bertz CT molecular complexity index is 618. The van der Waals surface area contributed by atoms with Crippen molar-refractivity contribution in [3.8, 4) is 0 Å². The number of carbonyl (C=O) groups is 3. The van der Waals surface area contributed by atoms with E-state index in [9.17, 15) is 19.5 Å². The van der Waals surface area contributed by atoms with E-state index in [-0.39, 0.29) is 35.0 Å². The minimum absolute atomic E-state index is 0.115. The van der Waals surface area contributed by atoms with Crippen molar-refractivity contribution in [1.82, 2.24) is 4.98 Å². The van der Waals surface area contributed by atoms with Gasteiger partial charge in [0.2, 0.25) is 11.8 Å². The van der Waals surface area contributed by atoms with E-state index < -0.39 is 5.97 Å². The zero-order chi connectivity index (χ0) is 14.4. The number of fused-ring (bicyclic) bond motifs is 1. The lowest BCUT2D eigenvalue weighted by molar-refractivity contribution is -0.122. The maximum absolute atomic E-state index is 12.4. The van der Waals surface area contributed by atoms with Crippen LogP contribution in [0, 0.1) is 18.8 Å². The van der Waals surface area contributed by atoms with E-state index in [1.165, 1.54) is 6.07 Å². The van der Waals surface area contributed by atoms with Gasteiger partial charge in [-0.1, -0.05) is 12.2 Å². The van der Waals surface area contributed by atoms with Gasteiger partial charge in [0.15, 0.2) is 0 Å². The zero-order valence-corrected chi connectivity index (χ0v) is 10.9. The summed E-state index contributed by atoms with van der Waals surface area (Å²) in [5.41, 5.74) is 0.640. The number of hydrogen-bond donors (Lipinski definition) is 2. The highest BCUT2D eigenvalue weighted by molar-refractivity contribution is 6.23. The summed E-state index contributed by atoms with van der Waals surface area (Å²) in [5, 5.41) is 9.18. The van der Waals surface area contributed by atoms with Crippen molar-refractivity contribution >= 4 is 23.5 Å². The monoisotopic (exact) mass is 274 g/mol. The van der Waals surface area contributed by atoms with Crippen LogP contribution >= 0.6 is 0 Å². The molecule has 0 radical (unpaired) electrons. The molecule has 3 rings (SSSR count). The largest absolute Gasteiger partial charge is 0.477 e. The molecule has 20 heavy (non-hydrogen) atoms. The Morgan fingerprint density at radius 1 is 1.25 bits per heavy atom. The first-order valence-electron chi connectivity index (χ1n) is 6.46. The van der Waals surface area contributed by atoms with Crippen LogP contribution < -0.4 is 4.90 Å². The number of H-pyrrole nitrogens is 1. The summed E-state index contributed by atoms with van der Waals surface area (Å²) in [4.78, 5) is 39.7. The van der Waals surface area contributed by atoms with Gasteiger partial charge in [0.1, 0.15) is 5.69 Å². The lowest BCUT2D eigenvalue weighted by Gasteiger charge is -2.14. The molecule has 0 aromatic carbocycles. The molecule has 0 spiro atoms. The van der Waals surface area contributed by atoms with Gasteiger partial charge in [0.05, 0.1) is 17.5 Å². The Kier molecular flexibility index (Phi) is 2.74. The van der Waals surface area contributed by atoms with Crippen molar-refractivity contribution in [3.05, 3.63) is 29.6 Å². The van der Waals surface area contributed by atoms with Crippen LogP contribution in [0.15, 0.2) is 18.2 Å². The number of allylic oxidation sites excluding steroid dienone is 2. The molecule has 0 bridgehead atoms. The van der Waals surface area contributed by atoms with Crippen LogP contribution in [0.1, 0.15) is 29.0 Å². The average Bonchev–Trinajstić information content (AvgIpc) is 2.90. The minimum Gasteiger partial charge on any atom is -0.477 e. The van der Waals surface area contributed by atoms with Gasteiger partial charge in [0.25, 0.3) is 0 Å². The average molecular weight is 274 g/mol. The first kappa shape index (κ1) is 12.7. The van der Waals surface area contributed by atoms with Gasteiger partial charge in [-0.25, -0.2) is 9.69 Å². The van der Waals surface area contributed by atoms with Crippen LogP contribution in [0.4, 0.5) is 5.69 Å². The molecule has 2 heterocycles. The van der Waals surface area contributed by atoms with Crippen LogP contribution in [-0.4, -0.2) is 27.9 Å². The molecular weight excluding hydrogens is 260 g/mol. The fourth-order valence-corrected chi connectivity index (χ4v) is 2.95. The Morgan fingerprint density at radius 2 is 1.80 bits per heavy atom. The number of aromatic nitrogens is 1. The summed E-state index contributed by atoms with van der Waals surface area (Å²) >= 11 is 0. The fourth-order valence-electron chi connectivity index (χ4n) is 2.95. The van der Waals surface area contributed by atoms with E-state index in [0.29, 0.717) is 18.5 Å². The lowest BCUT2D eigenvalue weighted by atomic mass is 9.85. The second kappa shape index (κ2) is 4.33. The lowest BCUT2D eigenvalue weighted by Crippen LogP contribution is -2.31. The summed E-state index contributed by atoms with van der Waals surface area (Å²) in [6.07, 6.45) is 4.88. The quantitative estimate of drug-likeness (QED) is 0.631. The number of anilines is 1. The second-order valence-corrected chi connectivity index (χ2v) is 5.19. The number of aryl methyl sites for hydroxylation is 1. The normalized spacial score (nSPS) is 25.1. The second-order valence-electron chi connectivity index (χ2n) is 5.19. The summed E-state index contributed by atoms with van der Waals surface area (Å²) in [5.74, 6) is -2.49. The fraction of sp³-hybridized carbons (Fsp3) is 0.357. The van der Waals surface area contributed by atoms with Crippen molar-refractivity contribution in [2.24, 2.45) is 11.8 Å². The van der Waals surface area contributed by atoms with E-state index in [2.05, 4.69) is 4.98 Å². The van der Waals surface area contributed by atoms with Crippen LogP contribution in [0.3, 0.4) is 0 Å². The maximum Gasteiger partial charge on any atom is 0.354 e. The van der Waals surface area contributed by atoms with Gasteiger partial charge in [-0.05, 0) is 25.8 Å². The van der Waals surface area contributed by atoms with Gasteiger partial charge >= 0.3 is 5.97 Å². The third-order valence-electron chi connectivity index (χ3n) is 3.89. The number of imide groups is 1. The third-order valence-corrected chi connectivity index (χ3v) is 3.89. The summed E-state index contributed by atoms with van der Waals surface area (Å²) in [6.45, 7) is 1.69. The van der Waals surface area contributed by atoms with Crippen molar-refractivity contribution < 1.29 is 19.5 Å². The molecular formula is C14H14N2O4. The maximum atomic E-state index is 12.4. The molecule has 1 saturated heterocycles. The van der Waals surface area contributed by atoms with E-state index >= 15 is 0 Å². The van der Waals surface area contributed by atoms with Crippen molar-refractivity contribution in [2.75, 3.05) is 4.90 Å². The highest BCUT2D eigenvalue weighted by Gasteiger charge is 2.49. The van der Waals surface area contributed by atoms with E-state index in [1.54, 1.807) is 6.92 Å². The highest BCUT2D eigenvalue weighted by atomic mass is 16.4. The molecule has 6 nitrogen and oxygen atoms in total. The summed E-state index contributed by atoms with van der Waals surface area (Å²) in [6, 6.07) is 1.53. The Morgan fingerprint density at radius 3 is 2.30 bits per heavy atom. The van der Waals surface area contributed by atoms with Crippen LogP contribution in [0.25, 0.3) is 0 Å². The molecule has 104 valence electrons. The molecule has 0 saturated carbocycles. The number of nitrogens with one attached hydrogen (secondary N) is 1. The molecule has 1 aromatic rings. The number of carboxylic acids is 1. The van der Waals surface area contributed by atoms with Gasteiger partial charge in [-0.2, -0.15) is 0 Å². The third kappa shape index (κ3) is 1.68. The van der Waals surface area contributed by atoms with Gasteiger partial charge in [-0.15, -0.1) is 0 Å². The first-order valence-corrected chi connectivity index (χ1v) is 6.46. The Balaban J connectivity index is 2.05. The number of nitrogens with zero attached hydrogens (tertiary/aromatic N) is 1. The molecule has 1 aromatic heterocycles. The van der Waals surface area contributed by atoms with Gasteiger partial charge in [0, 0.05) is 5.69 Å². The predicted octanol–water partition coefficient (Wildman–Crippen LogP) is 1.48. The number of aromatic amines is 1. The van der Waals surface area contributed by atoms with Gasteiger partial charge in [-0.3, -0.25) is 9.59 Å². The van der Waals surface area contributed by atoms with Gasteiger partial charge < -0.3 is 10.1 Å². The molecule has 2 N–H and O–H groups in total. The van der Waals surface area contributed by atoms with E-state index in [4.69, 9.17) is 0 Å². The Labute approximate surface area is 115 Å². The zero-order valence-electron chi connectivity index (χ0n) is 10.9. The molecule has 1 aliphatic heterocycles. The number of carbonyl (C=O) groups excluding carboxylic acids is 2. The standard InChI is InChI=1S/C14H14N2O4/c1-7-6-10(11(15-7)14(19)20)16-12(17)8-4-2-3-5-9(8)13(16)18/h2-3,6,8-9,15H,4-5H2,1H3,(H,19,20). The topological polar surface area (TPSA) is 90.5 Å². The first-order chi connectivity index (χ1) is 9.50. The number of rotatable bonds is 2.